The van der Waals surface area contributed by atoms with E-state index in [-0.39, 0.29) is 19.1 Å². The van der Waals surface area contributed by atoms with Crippen LogP contribution in [-0.2, 0) is 11.2 Å². The Kier molecular flexibility index (Phi) is 6.05. The van der Waals surface area contributed by atoms with E-state index in [9.17, 15) is 4.79 Å². The SMILES string of the molecule is CCc1ccc(OCC(=O)N(CCCO)C2CCC2)cc1. The van der Waals surface area contributed by atoms with Crippen molar-refractivity contribution in [1.82, 2.24) is 4.90 Å². The maximum Gasteiger partial charge on any atom is 0.260 e. The van der Waals surface area contributed by atoms with Gasteiger partial charge in [-0.15, -0.1) is 0 Å². The summed E-state index contributed by atoms with van der Waals surface area (Å²) >= 11 is 0. The van der Waals surface area contributed by atoms with Gasteiger partial charge in [0.25, 0.3) is 5.91 Å². The molecule has 4 heteroatoms. The number of hydrogen-bond acceptors (Lipinski definition) is 3. The summed E-state index contributed by atoms with van der Waals surface area (Å²) in [5.41, 5.74) is 1.26. The lowest BCUT2D eigenvalue weighted by atomic mass is 9.91. The van der Waals surface area contributed by atoms with Crippen LogP contribution >= 0.6 is 0 Å². The maximum absolute atomic E-state index is 12.3. The first-order valence-electron chi connectivity index (χ1n) is 7.86. The molecule has 116 valence electrons. The number of ether oxygens (including phenoxy) is 1. The van der Waals surface area contributed by atoms with Crippen LogP contribution in [0.2, 0.25) is 0 Å². The van der Waals surface area contributed by atoms with E-state index in [0.29, 0.717) is 19.0 Å². The molecule has 0 saturated heterocycles. The van der Waals surface area contributed by atoms with Gasteiger partial charge in [-0.3, -0.25) is 4.79 Å². The lowest BCUT2D eigenvalue weighted by Gasteiger charge is -2.37. The highest BCUT2D eigenvalue weighted by molar-refractivity contribution is 5.78. The molecule has 0 heterocycles. The van der Waals surface area contributed by atoms with Gasteiger partial charge < -0.3 is 14.7 Å². The Labute approximate surface area is 126 Å². The van der Waals surface area contributed by atoms with Crippen molar-refractivity contribution < 1.29 is 14.6 Å². The van der Waals surface area contributed by atoms with Crippen LogP contribution in [-0.4, -0.2) is 41.7 Å². The first-order chi connectivity index (χ1) is 10.2. The molecule has 1 saturated carbocycles. The van der Waals surface area contributed by atoms with Crippen molar-refractivity contribution in [2.45, 2.75) is 45.1 Å². The van der Waals surface area contributed by atoms with Gasteiger partial charge >= 0.3 is 0 Å². The van der Waals surface area contributed by atoms with Crippen LogP contribution in [0.15, 0.2) is 24.3 Å². The Morgan fingerprint density at radius 1 is 1.33 bits per heavy atom. The number of rotatable bonds is 8. The van der Waals surface area contributed by atoms with Crippen molar-refractivity contribution >= 4 is 5.91 Å². The van der Waals surface area contributed by atoms with Gasteiger partial charge in [-0.1, -0.05) is 19.1 Å². The smallest absolute Gasteiger partial charge is 0.260 e. The quantitative estimate of drug-likeness (QED) is 0.800. The summed E-state index contributed by atoms with van der Waals surface area (Å²) in [6.07, 6.45) is 4.96. The van der Waals surface area contributed by atoms with Crippen LogP contribution in [0, 0.1) is 0 Å². The number of benzene rings is 1. The Hall–Kier alpha value is -1.55. The van der Waals surface area contributed by atoms with Crippen LogP contribution in [0.4, 0.5) is 0 Å². The van der Waals surface area contributed by atoms with Crippen molar-refractivity contribution in [3.8, 4) is 5.75 Å². The lowest BCUT2D eigenvalue weighted by molar-refractivity contribution is -0.137. The van der Waals surface area contributed by atoms with E-state index in [1.54, 1.807) is 0 Å². The van der Waals surface area contributed by atoms with E-state index in [2.05, 4.69) is 6.92 Å². The zero-order valence-corrected chi connectivity index (χ0v) is 12.8. The molecule has 0 aliphatic heterocycles. The van der Waals surface area contributed by atoms with Gasteiger partial charge in [0.05, 0.1) is 0 Å². The minimum Gasteiger partial charge on any atom is -0.484 e. The topological polar surface area (TPSA) is 49.8 Å². The highest BCUT2D eigenvalue weighted by Crippen LogP contribution is 2.25. The van der Waals surface area contributed by atoms with Crippen LogP contribution in [0.5, 0.6) is 5.75 Å². The Morgan fingerprint density at radius 2 is 2.05 bits per heavy atom. The normalized spacial score (nSPS) is 14.6. The van der Waals surface area contributed by atoms with Gasteiger partial charge in [0, 0.05) is 19.2 Å². The Balaban J connectivity index is 1.85. The predicted molar refractivity (Wildman–Crippen MR) is 82.4 cm³/mol. The third-order valence-corrected chi connectivity index (χ3v) is 4.09. The van der Waals surface area contributed by atoms with Crippen molar-refractivity contribution in [3.05, 3.63) is 29.8 Å². The van der Waals surface area contributed by atoms with Gasteiger partial charge in [-0.05, 0) is 49.8 Å². The molecule has 1 fully saturated rings. The average Bonchev–Trinajstić information content (AvgIpc) is 2.47. The van der Waals surface area contributed by atoms with Crippen LogP contribution in [0.1, 0.15) is 38.2 Å². The van der Waals surface area contributed by atoms with E-state index in [0.717, 1.165) is 25.0 Å². The van der Waals surface area contributed by atoms with Crippen LogP contribution in [0.3, 0.4) is 0 Å². The van der Waals surface area contributed by atoms with Gasteiger partial charge in [0.2, 0.25) is 0 Å². The number of aliphatic hydroxyl groups excluding tert-OH is 1. The molecule has 0 spiro atoms. The number of aliphatic hydroxyl groups is 1. The summed E-state index contributed by atoms with van der Waals surface area (Å²) in [4.78, 5) is 14.2. The second-order valence-corrected chi connectivity index (χ2v) is 5.54. The van der Waals surface area contributed by atoms with Crippen molar-refractivity contribution in [3.63, 3.8) is 0 Å². The summed E-state index contributed by atoms with van der Waals surface area (Å²) in [6.45, 7) is 2.93. The number of nitrogens with zero attached hydrogens (tertiary/aromatic N) is 1. The third-order valence-electron chi connectivity index (χ3n) is 4.09. The van der Waals surface area contributed by atoms with Crippen molar-refractivity contribution in [1.29, 1.82) is 0 Å². The predicted octanol–water partition coefficient (Wildman–Crippen LogP) is 2.39. The molecule has 0 aromatic heterocycles. The molecule has 1 aliphatic rings. The minimum atomic E-state index is 0.0210. The van der Waals surface area contributed by atoms with Gasteiger partial charge in [-0.2, -0.15) is 0 Å². The zero-order valence-electron chi connectivity index (χ0n) is 12.8. The lowest BCUT2D eigenvalue weighted by Crippen LogP contribution is -2.46. The summed E-state index contributed by atoms with van der Waals surface area (Å²) in [7, 11) is 0. The zero-order chi connectivity index (χ0) is 15.1. The molecule has 4 nitrogen and oxygen atoms in total. The molecule has 1 amide bonds. The summed E-state index contributed by atoms with van der Waals surface area (Å²) in [6, 6.07) is 8.21. The number of aryl methyl sites for hydroxylation is 1. The van der Waals surface area contributed by atoms with Crippen LogP contribution in [0.25, 0.3) is 0 Å². The summed E-state index contributed by atoms with van der Waals surface area (Å²) in [5, 5.41) is 8.96. The summed E-state index contributed by atoms with van der Waals surface area (Å²) < 4.78 is 5.59. The largest absolute Gasteiger partial charge is 0.484 e. The highest BCUT2D eigenvalue weighted by atomic mass is 16.5. The van der Waals surface area contributed by atoms with Gasteiger partial charge in [-0.25, -0.2) is 0 Å². The fourth-order valence-electron chi connectivity index (χ4n) is 2.50. The maximum atomic E-state index is 12.3. The molecule has 0 bridgehead atoms. The van der Waals surface area contributed by atoms with E-state index >= 15 is 0 Å². The minimum absolute atomic E-state index is 0.0210. The van der Waals surface area contributed by atoms with Crippen LogP contribution < -0.4 is 4.74 Å². The van der Waals surface area contributed by atoms with Crippen molar-refractivity contribution in [2.75, 3.05) is 19.8 Å². The second-order valence-electron chi connectivity index (χ2n) is 5.54. The third kappa shape index (κ3) is 4.46. The molecule has 1 aromatic rings. The number of carbonyl (C=O) groups excluding carboxylic acids is 1. The molecule has 21 heavy (non-hydrogen) atoms. The first kappa shape index (κ1) is 15.8. The summed E-state index contributed by atoms with van der Waals surface area (Å²) in [5.74, 6) is 0.754. The van der Waals surface area contributed by atoms with Gasteiger partial charge in [0.15, 0.2) is 6.61 Å². The Morgan fingerprint density at radius 3 is 2.57 bits per heavy atom. The molecule has 0 radical (unpaired) electrons. The monoisotopic (exact) mass is 291 g/mol. The fourth-order valence-corrected chi connectivity index (χ4v) is 2.50. The number of amides is 1. The molecule has 1 N–H and O–H groups in total. The molecule has 1 aliphatic carbocycles. The molecule has 2 rings (SSSR count). The van der Waals surface area contributed by atoms with Crippen molar-refractivity contribution in [2.24, 2.45) is 0 Å². The average molecular weight is 291 g/mol. The van der Waals surface area contributed by atoms with E-state index in [1.165, 1.54) is 12.0 Å². The molecule has 0 unspecified atom stereocenters. The van der Waals surface area contributed by atoms with E-state index in [1.807, 2.05) is 29.2 Å². The first-order valence-corrected chi connectivity index (χ1v) is 7.86. The number of hydrogen-bond donors (Lipinski definition) is 1. The molecular weight excluding hydrogens is 266 g/mol. The number of carbonyl (C=O) groups is 1. The van der Waals surface area contributed by atoms with E-state index < -0.39 is 0 Å². The van der Waals surface area contributed by atoms with Gasteiger partial charge in [0.1, 0.15) is 5.75 Å². The fraction of sp³-hybridized carbons (Fsp3) is 0.588. The molecule has 0 atom stereocenters. The van der Waals surface area contributed by atoms with E-state index in [4.69, 9.17) is 9.84 Å². The second kappa shape index (κ2) is 8.03. The molecule has 1 aromatic carbocycles. The Bertz CT molecular complexity index is 440. The molecular formula is C17H25NO3. The standard InChI is InChI=1S/C17H25NO3/c1-2-14-7-9-16(10-8-14)21-13-17(20)18(11-4-12-19)15-5-3-6-15/h7-10,15,19H,2-6,11-13H2,1H3. The highest BCUT2D eigenvalue weighted by Gasteiger charge is 2.28.